The fraction of sp³-hybridized carbons (Fsp3) is 0.368. The smallest absolute Gasteiger partial charge is 0.119 e. The molecule has 21 heavy (non-hydrogen) atoms. The molecule has 2 nitrogen and oxygen atoms in total. The van der Waals surface area contributed by atoms with Gasteiger partial charge in [-0.2, -0.15) is 0 Å². The molecule has 0 saturated carbocycles. The molecule has 2 aromatic carbocycles. The van der Waals surface area contributed by atoms with Gasteiger partial charge in [0, 0.05) is 0 Å². The highest BCUT2D eigenvalue weighted by molar-refractivity contribution is 5.29. The molecule has 0 aliphatic carbocycles. The Morgan fingerprint density at radius 1 is 0.810 bits per heavy atom. The van der Waals surface area contributed by atoms with Crippen molar-refractivity contribution in [1.82, 2.24) is 0 Å². The molecule has 0 saturated heterocycles. The van der Waals surface area contributed by atoms with Crippen LogP contribution in [-0.4, -0.2) is 6.10 Å². The second kappa shape index (κ2) is 7.72. The highest BCUT2D eigenvalue weighted by atomic mass is 16.5. The van der Waals surface area contributed by atoms with E-state index in [-0.39, 0.29) is 6.10 Å². The van der Waals surface area contributed by atoms with Crippen LogP contribution < -0.4 is 9.47 Å². The lowest BCUT2D eigenvalue weighted by Gasteiger charge is -2.11. The summed E-state index contributed by atoms with van der Waals surface area (Å²) in [7, 11) is 0. The van der Waals surface area contributed by atoms with E-state index >= 15 is 0 Å². The molecule has 0 bridgehead atoms. The number of hydrogen-bond donors (Lipinski definition) is 0. The maximum Gasteiger partial charge on any atom is 0.119 e. The molecule has 0 aromatic heterocycles. The highest BCUT2D eigenvalue weighted by Crippen LogP contribution is 2.17. The van der Waals surface area contributed by atoms with Gasteiger partial charge in [-0.1, -0.05) is 37.6 Å². The third kappa shape index (κ3) is 5.14. The molecule has 0 spiro atoms. The second-order valence-corrected chi connectivity index (χ2v) is 5.49. The molecule has 2 aromatic rings. The van der Waals surface area contributed by atoms with Gasteiger partial charge in [0.15, 0.2) is 0 Å². The number of rotatable bonds is 7. The molecule has 2 heteroatoms. The van der Waals surface area contributed by atoms with E-state index < -0.39 is 0 Å². The molecule has 0 N–H and O–H groups in total. The summed E-state index contributed by atoms with van der Waals surface area (Å²) < 4.78 is 11.4. The van der Waals surface area contributed by atoms with Gasteiger partial charge in [-0.05, 0) is 55.7 Å². The van der Waals surface area contributed by atoms with Crippen LogP contribution in [0.3, 0.4) is 0 Å². The molecule has 0 aliphatic heterocycles. The Balaban J connectivity index is 1.87. The largest absolute Gasteiger partial charge is 0.491 e. The lowest BCUT2D eigenvalue weighted by Crippen LogP contribution is -2.05. The van der Waals surface area contributed by atoms with E-state index in [0.29, 0.717) is 6.61 Å². The lowest BCUT2D eigenvalue weighted by molar-refractivity contribution is 0.242. The van der Waals surface area contributed by atoms with Crippen LogP contribution in [0.25, 0.3) is 0 Å². The number of ether oxygens (including phenoxy) is 2. The zero-order chi connectivity index (χ0) is 15.1. The maximum absolute atomic E-state index is 5.81. The summed E-state index contributed by atoms with van der Waals surface area (Å²) in [6.07, 6.45) is 2.50. The minimum Gasteiger partial charge on any atom is -0.491 e. The topological polar surface area (TPSA) is 18.5 Å². The molecule has 0 amide bonds. The van der Waals surface area contributed by atoms with Gasteiger partial charge in [0.2, 0.25) is 0 Å². The fourth-order valence-corrected chi connectivity index (χ4v) is 2.14. The number of aryl methyl sites for hydroxylation is 1. The standard InChI is InChI=1S/C19H24O2/c1-4-5-16-6-10-18(11-7-16)20-14-17-8-12-19(13-9-17)21-15(2)3/h6-13,15H,4-5,14H2,1-3H3. The van der Waals surface area contributed by atoms with E-state index in [1.54, 1.807) is 0 Å². The van der Waals surface area contributed by atoms with Crippen molar-refractivity contribution in [2.24, 2.45) is 0 Å². The first-order chi connectivity index (χ1) is 10.2. The lowest BCUT2D eigenvalue weighted by atomic mass is 10.1. The summed E-state index contributed by atoms with van der Waals surface area (Å²) in [5, 5.41) is 0. The van der Waals surface area contributed by atoms with Crippen molar-refractivity contribution in [3.8, 4) is 11.5 Å². The summed E-state index contributed by atoms with van der Waals surface area (Å²) in [5.41, 5.74) is 2.50. The Hall–Kier alpha value is -1.96. The normalized spacial score (nSPS) is 10.7. The van der Waals surface area contributed by atoms with Crippen molar-refractivity contribution >= 4 is 0 Å². The van der Waals surface area contributed by atoms with E-state index in [2.05, 4.69) is 19.1 Å². The average Bonchev–Trinajstić information content (AvgIpc) is 2.48. The van der Waals surface area contributed by atoms with Crippen LogP contribution in [0, 0.1) is 0 Å². The van der Waals surface area contributed by atoms with Crippen molar-refractivity contribution in [3.63, 3.8) is 0 Å². The molecule has 112 valence electrons. The summed E-state index contributed by atoms with van der Waals surface area (Å²) in [6.45, 7) is 6.82. The number of hydrogen-bond acceptors (Lipinski definition) is 2. The third-order valence-electron chi connectivity index (χ3n) is 3.16. The summed E-state index contributed by atoms with van der Waals surface area (Å²) in [6, 6.07) is 16.4. The monoisotopic (exact) mass is 284 g/mol. The third-order valence-corrected chi connectivity index (χ3v) is 3.16. The highest BCUT2D eigenvalue weighted by Gasteiger charge is 2.00. The van der Waals surface area contributed by atoms with Crippen LogP contribution in [0.1, 0.15) is 38.3 Å². The summed E-state index contributed by atoms with van der Waals surface area (Å²) >= 11 is 0. The van der Waals surface area contributed by atoms with Crippen LogP contribution in [0.15, 0.2) is 48.5 Å². The predicted octanol–water partition coefficient (Wildman–Crippen LogP) is 5.01. The van der Waals surface area contributed by atoms with Gasteiger partial charge in [0.05, 0.1) is 6.10 Å². The Kier molecular flexibility index (Phi) is 5.68. The Bertz CT molecular complexity index is 526. The van der Waals surface area contributed by atoms with Crippen LogP contribution in [0.2, 0.25) is 0 Å². The molecule has 0 aliphatic rings. The minimum atomic E-state index is 0.203. The van der Waals surface area contributed by atoms with Crippen LogP contribution in [0.4, 0.5) is 0 Å². The van der Waals surface area contributed by atoms with Gasteiger partial charge in [-0.3, -0.25) is 0 Å². The van der Waals surface area contributed by atoms with Crippen LogP contribution in [-0.2, 0) is 13.0 Å². The van der Waals surface area contributed by atoms with E-state index in [1.165, 1.54) is 12.0 Å². The van der Waals surface area contributed by atoms with Gasteiger partial charge >= 0.3 is 0 Å². The molecule has 0 atom stereocenters. The summed E-state index contributed by atoms with van der Waals surface area (Å²) in [4.78, 5) is 0. The van der Waals surface area contributed by atoms with Crippen molar-refractivity contribution in [1.29, 1.82) is 0 Å². The predicted molar refractivity (Wildman–Crippen MR) is 87.0 cm³/mol. The van der Waals surface area contributed by atoms with Gasteiger partial charge in [0.25, 0.3) is 0 Å². The molecule has 2 rings (SSSR count). The zero-order valence-electron chi connectivity index (χ0n) is 13.1. The van der Waals surface area contributed by atoms with Crippen molar-refractivity contribution < 1.29 is 9.47 Å². The SMILES string of the molecule is CCCc1ccc(OCc2ccc(OC(C)C)cc2)cc1. The van der Waals surface area contributed by atoms with E-state index in [1.807, 2.05) is 50.2 Å². The Morgan fingerprint density at radius 2 is 1.38 bits per heavy atom. The summed E-state index contributed by atoms with van der Waals surface area (Å²) in [5.74, 6) is 1.81. The quantitative estimate of drug-likeness (QED) is 0.712. The maximum atomic E-state index is 5.81. The van der Waals surface area contributed by atoms with E-state index in [9.17, 15) is 0 Å². The van der Waals surface area contributed by atoms with Gasteiger partial charge < -0.3 is 9.47 Å². The molecule has 0 radical (unpaired) electrons. The Morgan fingerprint density at radius 3 is 1.95 bits per heavy atom. The van der Waals surface area contributed by atoms with Crippen LogP contribution >= 0.6 is 0 Å². The fourth-order valence-electron chi connectivity index (χ4n) is 2.14. The average molecular weight is 284 g/mol. The second-order valence-electron chi connectivity index (χ2n) is 5.49. The molecular weight excluding hydrogens is 260 g/mol. The molecule has 0 heterocycles. The van der Waals surface area contributed by atoms with Crippen molar-refractivity contribution in [2.75, 3.05) is 0 Å². The first-order valence-corrected chi connectivity index (χ1v) is 7.64. The van der Waals surface area contributed by atoms with Gasteiger partial charge in [-0.25, -0.2) is 0 Å². The van der Waals surface area contributed by atoms with Crippen molar-refractivity contribution in [3.05, 3.63) is 59.7 Å². The Labute approximate surface area is 127 Å². The van der Waals surface area contributed by atoms with Crippen molar-refractivity contribution in [2.45, 2.75) is 46.3 Å². The van der Waals surface area contributed by atoms with Gasteiger partial charge in [0.1, 0.15) is 18.1 Å². The minimum absolute atomic E-state index is 0.203. The number of benzene rings is 2. The molecular formula is C19H24O2. The van der Waals surface area contributed by atoms with Gasteiger partial charge in [-0.15, -0.1) is 0 Å². The molecule has 0 unspecified atom stereocenters. The zero-order valence-corrected chi connectivity index (χ0v) is 13.1. The van der Waals surface area contributed by atoms with Crippen LogP contribution in [0.5, 0.6) is 11.5 Å². The first-order valence-electron chi connectivity index (χ1n) is 7.64. The van der Waals surface area contributed by atoms with E-state index in [4.69, 9.17) is 9.47 Å². The molecule has 0 fully saturated rings. The van der Waals surface area contributed by atoms with E-state index in [0.717, 1.165) is 23.5 Å². The first kappa shape index (κ1) is 15.4.